The van der Waals surface area contributed by atoms with Crippen molar-refractivity contribution in [2.24, 2.45) is 0 Å². The molecule has 0 aromatic carbocycles. The normalized spacial score (nSPS) is 10.3. The largest absolute Gasteiger partial charge is 0.310 e. The van der Waals surface area contributed by atoms with Gasteiger partial charge in [-0.25, -0.2) is 0 Å². The highest BCUT2D eigenvalue weighted by Gasteiger charge is 2.10. The molecule has 1 heteroatoms. The fourth-order valence-electron chi connectivity index (χ4n) is 1.60. The second kappa shape index (κ2) is 9.47. The summed E-state index contributed by atoms with van der Waals surface area (Å²) in [4.78, 5) is 0. The van der Waals surface area contributed by atoms with Crippen molar-refractivity contribution in [3.05, 3.63) is 50.6 Å². The van der Waals surface area contributed by atoms with E-state index < -0.39 is 0 Å². The van der Waals surface area contributed by atoms with Crippen LogP contribution in [-0.2, 0) is 0 Å². The maximum atomic E-state index is 3.77. The van der Waals surface area contributed by atoms with Gasteiger partial charge in [-0.2, -0.15) is 0 Å². The lowest BCUT2D eigenvalue weighted by molar-refractivity contribution is 0.430. The van der Waals surface area contributed by atoms with E-state index in [0.29, 0.717) is 12.1 Å². The van der Waals surface area contributed by atoms with Crippen LogP contribution in [0, 0.1) is 0 Å². The van der Waals surface area contributed by atoms with Gasteiger partial charge in [0.1, 0.15) is 0 Å². The molecule has 0 radical (unpaired) electrons. The number of rotatable bonds is 10. The van der Waals surface area contributed by atoms with E-state index in [2.05, 4.69) is 31.6 Å². The molecule has 0 aliphatic rings. The van der Waals surface area contributed by atoms with Crippen LogP contribution in [0.5, 0.6) is 0 Å². The SMILES string of the molecule is C=CCC(CC=C)NC(CC=C)CC=C. The summed E-state index contributed by atoms with van der Waals surface area (Å²) in [5.74, 6) is 0. The Balaban J connectivity index is 4.15. The minimum absolute atomic E-state index is 0.435. The van der Waals surface area contributed by atoms with Gasteiger partial charge in [0, 0.05) is 12.1 Å². The van der Waals surface area contributed by atoms with E-state index in [1.165, 1.54) is 0 Å². The molecule has 0 fully saturated rings. The van der Waals surface area contributed by atoms with Crippen LogP contribution in [0.1, 0.15) is 25.7 Å². The molecule has 0 saturated heterocycles. The van der Waals surface area contributed by atoms with Crippen LogP contribution < -0.4 is 5.32 Å². The number of hydrogen-bond donors (Lipinski definition) is 1. The lowest BCUT2D eigenvalue weighted by atomic mass is 10.1. The molecule has 1 nitrogen and oxygen atoms in total. The lowest BCUT2D eigenvalue weighted by Gasteiger charge is -2.22. The molecule has 0 unspecified atom stereocenters. The summed E-state index contributed by atoms with van der Waals surface area (Å²) in [6, 6.07) is 0.870. The molecule has 0 aromatic heterocycles. The standard InChI is InChI=1S/C14H23N/c1-5-9-13(10-6-2)15-14(11-7-3)12-8-4/h5-8,13-15H,1-4,9-12H2. The zero-order chi connectivity index (χ0) is 11.5. The molecule has 15 heavy (non-hydrogen) atoms. The van der Waals surface area contributed by atoms with Crippen LogP contribution in [0.25, 0.3) is 0 Å². The van der Waals surface area contributed by atoms with E-state index in [1.807, 2.05) is 24.3 Å². The van der Waals surface area contributed by atoms with E-state index in [9.17, 15) is 0 Å². The smallest absolute Gasteiger partial charge is 0.0139 e. The Bertz CT molecular complexity index is 163. The van der Waals surface area contributed by atoms with Crippen molar-refractivity contribution in [3.8, 4) is 0 Å². The van der Waals surface area contributed by atoms with Gasteiger partial charge in [-0.05, 0) is 25.7 Å². The Hall–Kier alpha value is -1.08. The zero-order valence-corrected chi connectivity index (χ0v) is 9.62. The monoisotopic (exact) mass is 205 g/mol. The van der Waals surface area contributed by atoms with Crippen molar-refractivity contribution >= 4 is 0 Å². The molecule has 0 bridgehead atoms. The van der Waals surface area contributed by atoms with E-state index >= 15 is 0 Å². The van der Waals surface area contributed by atoms with Crippen LogP contribution in [0.4, 0.5) is 0 Å². The molecule has 1 N–H and O–H groups in total. The van der Waals surface area contributed by atoms with Crippen LogP contribution in [0.2, 0.25) is 0 Å². The Labute approximate surface area is 94.3 Å². The fourth-order valence-corrected chi connectivity index (χ4v) is 1.60. The summed E-state index contributed by atoms with van der Waals surface area (Å²) >= 11 is 0. The third-order valence-corrected chi connectivity index (χ3v) is 2.28. The van der Waals surface area contributed by atoms with Crippen molar-refractivity contribution in [1.29, 1.82) is 0 Å². The molecule has 0 heterocycles. The predicted molar refractivity (Wildman–Crippen MR) is 70.0 cm³/mol. The van der Waals surface area contributed by atoms with Gasteiger partial charge < -0.3 is 5.32 Å². The zero-order valence-electron chi connectivity index (χ0n) is 9.62. The van der Waals surface area contributed by atoms with E-state index in [0.717, 1.165) is 25.7 Å². The predicted octanol–water partition coefficient (Wildman–Crippen LogP) is 3.62. The first kappa shape index (κ1) is 13.9. The molecule has 0 aliphatic heterocycles. The summed E-state index contributed by atoms with van der Waals surface area (Å²) in [6.45, 7) is 15.1. The average molecular weight is 205 g/mol. The third kappa shape index (κ3) is 6.92. The maximum Gasteiger partial charge on any atom is 0.0139 e. The number of hydrogen-bond acceptors (Lipinski definition) is 1. The first-order chi connectivity index (χ1) is 7.28. The van der Waals surface area contributed by atoms with E-state index in [4.69, 9.17) is 0 Å². The molecular formula is C14H23N. The summed E-state index contributed by atoms with van der Waals surface area (Å²) < 4.78 is 0. The van der Waals surface area contributed by atoms with Gasteiger partial charge >= 0.3 is 0 Å². The van der Waals surface area contributed by atoms with Gasteiger partial charge in [-0.3, -0.25) is 0 Å². The molecule has 84 valence electrons. The van der Waals surface area contributed by atoms with Crippen LogP contribution in [-0.4, -0.2) is 12.1 Å². The summed E-state index contributed by atoms with van der Waals surface area (Å²) in [6.07, 6.45) is 11.7. The second-order valence-corrected chi connectivity index (χ2v) is 3.66. The Morgan fingerprint density at radius 3 is 1.13 bits per heavy atom. The van der Waals surface area contributed by atoms with Crippen molar-refractivity contribution < 1.29 is 0 Å². The summed E-state index contributed by atoms with van der Waals surface area (Å²) in [5.41, 5.74) is 0. The lowest BCUT2D eigenvalue weighted by Crippen LogP contribution is -2.37. The van der Waals surface area contributed by atoms with Gasteiger partial charge in [0.05, 0.1) is 0 Å². The van der Waals surface area contributed by atoms with Crippen molar-refractivity contribution in [1.82, 2.24) is 5.32 Å². The van der Waals surface area contributed by atoms with Crippen LogP contribution in [0.3, 0.4) is 0 Å². The molecule has 0 saturated carbocycles. The van der Waals surface area contributed by atoms with Crippen LogP contribution in [0.15, 0.2) is 50.6 Å². The van der Waals surface area contributed by atoms with Gasteiger partial charge in [0.15, 0.2) is 0 Å². The highest BCUT2D eigenvalue weighted by Crippen LogP contribution is 2.06. The Kier molecular flexibility index (Phi) is 8.79. The molecular weight excluding hydrogens is 182 g/mol. The first-order valence-electron chi connectivity index (χ1n) is 5.48. The number of nitrogens with one attached hydrogen (secondary N) is 1. The highest BCUT2D eigenvalue weighted by atomic mass is 14.9. The van der Waals surface area contributed by atoms with Gasteiger partial charge in [-0.1, -0.05) is 24.3 Å². The highest BCUT2D eigenvalue weighted by molar-refractivity contribution is 4.90. The molecule has 0 atom stereocenters. The second-order valence-electron chi connectivity index (χ2n) is 3.66. The fraction of sp³-hybridized carbons (Fsp3) is 0.429. The van der Waals surface area contributed by atoms with Crippen molar-refractivity contribution in [2.75, 3.05) is 0 Å². The molecule has 0 spiro atoms. The van der Waals surface area contributed by atoms with E-state index in [-0.39, 0.29) is 0 Å². The van der Waals surface area contributed by atoms with Gasteiger partial charge in [0.2, 0.25) is 0 Å². The Morgan fingerprint density at radius 1 is 0.667 bits per heavy atom. The molecule has 0 aliphatic carbocycles. The third-order valence-electron chi connectivity index (χ3n) is 2.28. The molecule has 0 aromatic rings. The van der Waals surface area contributed by atoms with Crippen LogP contribution >= 0.6 is 0 Å². The minimum atomic E-state index is 0.435. The molecule has 0 amide bonds. The van der Waals surface area contributed by atoms with Gasteiger partial charge in [0.25, 0.3) is 0 Å². The summed E-state index contributed by atoms with van der Waals surface area (Å²) in [7, 11) is 0. The summed E-state index contributed by atoms with van der Waals surface area (Å²) in [5, 5.41) is 3.57. The van der Waals surface area contributed by atoms with Gasteiger partial charge in [-0.15, -0.1) is 26.3 Å². The quantitative estimate of drug-likeness (QED) is 0.537. The van der Waals surface area contributed by atoms with Crippen molar-refractivity contribution in [2.45, 2.75) is 37.8 Å². The van der Waals surface area contributed by atoms with Crippen molar-refractivity contribution in [3.63, 3.8) is 0 Å². The first-order valence-corrected chi connectivity index (χ1v) is 5.48. The van der Waals surface area contributed by atoms with E-state index in [1.54, 1.807) is 0 Å². The minimum Gasteiger partial charge on any atom is -0.310 e. The Morgan fingerprint density at radius 2 is 0.933 bits per heavy atom. The molecule has 0 rings (SSSR count). The maximum absolute atomic E-state index is 3.77. The average Bonchev–Trinajstić information content (AvgIpc) is 2.19. The topological polar surface area (TPSA) is 12.0 Å².